The molecule has 0 aromatic carbocycles. The molecule has 0 bridgehead atoms. The van der Waals surface area contributed by atoms with E-state index in [-0.39, 0.29) is 0 Å². The Labute approximate surface area is 106 Å². The largest absolute Gasteiger partial charge is 0.345 e. The molecule has 92 valence electrons. The first kappa shape index (κ1) is 12.3. The Morgan fingerprint density at radius 3 is 2.94 bits per heavy atom. The molecule has 4 heteroatoms. The molecule has 0 spiro atoms. The van der Waals surface area contributed by atoms with Crippen LogP contribution in [0, 0.1) is 6.92 Å². The highest BCUT2D eigenvalue weighted by Crippen LogP contribution is 2.28. The van der Waals surface area contributed by atoms with E-state index >= 15 is 0 Å². The van der Waals surface area contributed by atoms with Gasteiger partial charge in [0.1, 0.15) is 11.5 Å². The maximum absolute atomic E-state index is 5.81. The monoisotopic (exact) mass is 249 g/mol. The highest BCUT2D eigenvalue weighted by atomic mass is 32.1. The van der Waals surface area contributed by atoms with E-state index in [0.717, 1.165) is 30.1 Å². The number of hydrogen-bond acceptors (Lipinski definition) is 3. The highest BCUT2D eigenvalue weighted by molar-refractivity contribution is 7.13. The van der Waals surface area contributed by atoms with Gasteiger partial charge < -0.3 is 10.7 Å². The van der Waals surface area contributed by atoms with Gasteiger partial charge >= 0.3 is 0 Å². The number of thiophene rings is 1. The van der Waals surface area contributed by atoms with E-state index < -0.39 is 0 Å². The summed E-state index contributed by atoms with van der Waals surface area (Å²) in [6.45, 7) is 4.91. The number of H-pyrrole nitrogens is 1. The minimum Gasteiger partial charge on any atom is -0.345 e. The normalized spacial score (nSPS) is 12.9. The average Bonchev–Trinajstić information content (AvgIpc) is 2.94. The fourth-order valence-electron chi connectivity index (χ4n) is 2.04. The molecule has 0 aliphatic heterocycles. The minimum absolute atomic E-state index is 0.354. The van der Waals surface area contributed by atoms with Gasteiger partial charge in [0.15, 0.2) is 0 Å². The van der Waals surface area contributed by atoms with Crippen LogP contribution in [0.15, 0.2) is 17.5 Å². The standard InChI is InChI=1S/C13H19N3S/c1-3-5-10(8-14)13-15-9(2)12(16-13)11-6-4-7-17-11/h4,6-7,10H,3,5,8,14H2,1-2H3,(H,15,16). The van der Waals surface area contributed by atoms with Crippen LogP contribution in [-0.2, 0) is 0 Å². The van der Waals surface area contributed by atoms with Crippen molar-refractivity contribution >= 4 is 11.3 Å². The van der Waals surface area contributed by atoms with Crippen molar-refractivity contribution in [3.8, 4) is 10.6 Å². The molecule has 2 heterocycles. The van der Waals surface area contributed by atoms with Gasteiger partial charge in [0.05, 0.1) is 4.88 Å². The summed E-state index contributed by atoms with van der Waals surface area (Å²) in [5.74, 6) is 1.39. The molecule has 3 N–H and O–H groups in total. The number of imidazole rings is 1. The quantitative estimate of drug-likeness (QED) is 0.854. The average molecular weight is 249 g/mol. The Balaban J connectivity index is 2.29. The number of nitrogens with two attached hydrogens (primary N) is 1. The molecule has 2 aromatic heterocycles. The lowest BCUT2D eigenvalue weighted by Crippen LogP contribution is -2.13. The lowest BCUT2D eigenvalue weighted by Gasteiger charge is -2.09. The van der Waals surface area contributed by atoms with E-state index in [4.69, 9.17) is 10.7 Å². The van der Waals surface area contributed by atoms with Crippen LogP contribution in [0.25, 0.3) is 10.6 Å². The molecule has 0 aliphatic carbocycles. The second kappa shape index (κ2) is 5.47. The molecule has 3 nitrogen and oxygen atoms in total. The van der Waals surface area contributed by atoms with Crippen LogP contribution in [0.2, 0.25) is 0 Å². The summed E-state index contributed by atoms with van der Waals surface area (Å²) >= 11 is 1.72. The SMILES string of the molecule is CCCC(CN)c1nc(-c2cccs2)c(C)[nH]1. The fraction of sp³-hybridized carbons (Fsp3) is 0.462. The van der Waals surface area contributed by atoms with E-state index in [0.29, 0.717) is 12.5 Å². The van der Waals surface area contributed by atoms with Crippen molar-refractivity contribution in [1.82, 2.24) is 9.97 Å². The summed E-state index contributed by atoms with van der Waals surface area (Å²) in [5.41, 5.74) is 8.02. The van der Waals surface area contributed by atoms with Crippen LogP contribution in [0.3, 0.4) is 0 Å². The smallest absolute Gasteiger partial charge is 0.111 e. The van der Waals surface area contributed by atoms with Crippen LogP contribution in [0.5, 0.6) is 0 Å². The van der Waals surface area contributed by atoms with Crippen molar-refractivity contribution < 1.29 is 0 Å². The van der Waals surface area contributed by atoms with Gasteiger partial charge in [-0.1, -0.05) is 19.4 Å². The third kappa shape index (κ3) is 2.58. The van der Waals surface area contributed by atoms with Gasteiger partial charge in [-0.25, -0.2) is 4.98 Å². The van der Waals surface area contributed by atoms with Crippen LogP contribution < -0.4 is 5.73 Å². The molecule has 1 atom stereocenters. The summed E-state index contributed by atoms with van der Waals surface area (Å²) in [5, 5.41) is 2.08. The molecule has 17 heavy (non-hydrogen) atoms. The predicted molar refractivity (Wildman–Crippen MR) is 73.3 cm³/mol. The molecule has 1 unspecified atom stereocenters. The van der Waals surface area contributed by atoms with E-state index in [1.807, 2.05) is 0 Å². The maximum Gasteiger partial charge on any atom is 0.111 e. The van der Waals surface area contributed by atoms with Gasteiger partial charge in [-0.15, -0.1) is 11.3 Å². The number of aromatic amines is 1. The van der Waals surface area contributed by atoms with Crippen LogP contribution in [0.4, 0.5) is 0 Å². The summed E-state index contributed by atoms with van der Waals surface area (Å²) in [6, 6.07) is 4.16. The number of aromatic nitrogens is 2. The van der Waals surface area contributed by atoms with Gasteiger partial charge in [0.25, 0.3) is 0 Å². The predicted octanol–water partition coefficient (Wildman–Crippen LogP) is 3.29. The molecular formula is C13H19N3S. The van der Waals surface area contributed by atoms with E-state index in [1.165, 1.54) is 4.88 Å². The van der Waals surface area contributed by atoms with Gasteiger partial charge in [-0.3, -0.25) is 0 Å². The first-order valence-corrected chi connectivity index (χ1v) is 6.94. The van der Waals surface area contributed by atoms with Gasteiger partial charge in [0, 0.05) is 18.2 Å². The Bertz CT molecular complexity index is 459. The number of rotatable bonds is 5. The van der Waals surface area contributed by atoms with Crippen molar-refractivity contribution in [2.24, 2.45) is 5.73 Å². The zero-order chi connectivity index (χ0) is 12.3. The molecule has 0 fully saturated rings. The van der Waals surface area contributed by atoms with Crippen molar-refractivity contribution in [2.45, 2.75) is 32.6 Å². The first-order valence-electron chi connectivity index (χ1n) is 6.06. The lowest BCUT2D eigenvalue weighted by molar-refractivity contribution is 0.594. The van der Waals surface area contributed by atoms with Gasteiger partial charge in [0.2, 0.25) is 0 Å². The van der Waals surface area contributed by atoms with Crippen molar-refractivity contribution in [1.29, 1.82) is 0 Å². The van der Waals surface area contributed by atoms with Crippen molar-refractivity contribution in [3.63, 3.8) is 0 Å². The minimum atomic E-state index is 0.354. The van der Waals surface area contributed by atoms with Gasteiger partial charge in [-0.05, 0) is 24.8 Å². The van der Waals surface area contributed by atoms with Crippen LogP contribution >= 0.6 is 11.3 Å². The molecule has 0 amide bonds. The first-order chi connectivity index (χ1) is 8.26. The summed E-state index contributed by atoms with van der Waals surface area (Å²) in [4.78, 5) is 9.32. The number of hydrogen-bond donors (Lipinski definition) is 2. The number of aryl methyl sites for hydroxylation is 1. The number of nitrogens with zero attached hydrogens (tertiary/aromatic N) is 1. The van der Waals surface area contributed by atoms with Crippen molar-refractivity contribution in [3.05, 3.63) is 29.0 Å². The Hall–Kier alpha value is -1.13. The molecule has 2 rings (SSSR count). The lowest BCUT2D eigenvalue weighted by atomic mass is 10.0. The number of nitrogens with one attached hydrogen (secondary N) is 1. The zero-order valence-electron chi connectivity index (χ0n) is 10.4. The van der Waals surface area contributed by atoms with E-state index in [2.05, 4.69) is 36.3 Å². The van der Waals surface area contributed by atoms with Crippen LogP contribution in [-0.4, -0.2) is 16.5 Å². The van der Waals surface area contributed by atoms with Gasteiger partial charge in [-0.2, -0.15) is 0 Å². The molecule has 0 radical (unpaired) electrons. The van der Waals surface area contributed by atoms with Crippen LogP contribution in [0.1, 0.15) is 37.2 Å². The Kier molecular flexibility index (Phi) is 3.97. The highest BCUT2D eigenvalue weighted by Gasteiger charge is 2.16. The third-order valence-electron chi connectivity index (χ3n) is 2.97. The van der Waals surface area contributed by atoms with E-state index in [1.54, 1.807) is 11.3 Å². The maximum atomic E-state index is 5.81. The molecule has 0 aliphatic rings. The summed E-state index contributed by atoms with van der Waals surface area (Å²) in [6.07, 6.45) is 2.23. The topological polar surface area (TPSA) is 54.7 Å². The molecule has 0 saturated carbocycles. The Morgan fingerprint density at radius 1 is 1.53 bits per heavy atom. The second-order valence-corrected chi connectivity index (χ2v) is 5.24. The molecule has 2 aromatic rings. The summed E-state index contributed by atoms with van der Waals surface area (Å²) < 4.78 is 0. The fourth-order valence-corrected chi connectivity index (χ4v) is 2.82. The third-order valence-corrected chi connectivity index (χ3v) is 3.84. The summed E-state index contributed by atoms with van der Waals surface area (Å²) in [7, 11) is 0. The zero-order valence-corrected chi connectivity index (χ0v) is 11.2. The second-order valence-electron chi connectivity index (χ2n) is 4.29. The van der Waals surface area contributed by atoms with E-state index in [9.17, 15) is 0 Å². The Morgan fingerprint density at radius 2 is 2.35 bits per heavy atom. The molecule has 0 saturated heterocycles. The molecular weight excluding hydrogens is 230 g/mol. The van der Waals surface area contributed by atoms with Crippen molar-refractivity contribution in [2.75, 3.05) is 6.54 Å².